The van der Waals surface area contributed by atoms with Crippen molar-refractivity contribution in [3.63, 3.8) is 0 Å². The minimum absolute atomic E-state index is 0.00551. The molecular weight excluding hydrogens is 216 g/mol. The molecule has 17 heavy (non-hydrogen) atoms. The van der Waals surface area contributed by atoms with E-state index < -0.39 is 0 Å². The molecule has 1 heterocycles. The van der Waals surface area contributed by atoms with Gasteiger partial charge >= 0.3 is 0 Å². The Morgan fingerprint density at radius 1 is 1.47 bits per heavy atom. The van der Waals surface area contributed by atoms with Crippen molar-refractivity contribution in [3.8, 4) is 0 Å². The van der Waals surface area contributed by atoms with Crippen molar-refractivity contribution in [3.05, 3.63) is 30.1 Å². The molecular formula is C13H18N2O2. The number of hydrogen-bond donors (Lipinski definition) is 2. The molecule has 0 spiro atoms. The second-order valence-corrected chi connectivity index (χ2v) is 4.55. The highest BCUT2D eigenvalue weighted by Gasteiger charge is 2.27. The van der Waals surface area contributed by atoms with Crippen molar-refractivity contribution in [2.75, 3.05) is 6.61 Å². The minimum Gasteiger partial charge on any atom is -0.396 e. The van der Waals surface area contributed by atoms with Gasteiger partial charge in [0.1, 0.15) is 0 Å². The Balaban J connectivity index is 1.85. The number of carbonyl (C=O) groups excluding carboxylic acids is 1. The zero-order chi connectivity index (χ0) is 12.1. The number of aliphatic hydroxyl groups excluding tert-OH is 1. The number of rotatable bonds is 4. The van der Waals surface area contributed by atoms with E-state index in [9.17, 15) is 9.90 Å². The van der Waals surface area contributed by atoms with Gasteiger partial charge in [-0.3, -0.25) is 9.78 Å². The molecule has 92 valence electrons. The normalized spacial score (nSPS) is 23.6. The molecule has 1 aliphatic carbocycles. The molecule has 4 nitrogen and oxygen atoms in total. The molecule has 1 aromatic rings. The number of nitrogens with zero attached hydrogens (tertiary/aromatic N) is 1. The van der Waals surface area contributed by atoms with Gasteiger partial charge in [0.05, 0.1) is 6.42 Å². The number of pyridine rings is 1. The fourth-order valence-electron chi connectivity index (χ4n) is 2.37. The number of aromatic nitrogens is 1. The van der Waals surface area contributed by atoms with Crippen LogP contribution in [0.5, 0.6) is 0 Å². The van der Waals surface area contributed by atoms with Gasteiger partial charge in [0, 0.05) is 30.5 Å². The van der Waals surface area contributed by atoms with Crippen molar-refractivity contribution >= 4 is 5.91 Å². The highest BCUT2D eigenvalue weighted by atomic mass is 16.3. The average Bonchev–Trinajstić information content (AvgIpc) is 2.77. The summed E-state index contributed by atoms with van der Waals surface area (Å²) < 4.78 is 0. The lowest BCUT2D eigenvalue weighted by Gasteiger charge is -2.18. The summed E-state index contributed by atoms with van der Waals surface area (Å²) in [6.07, 6.45) is 5.06. The van der Waals surface area contributed by atoms with Crippen LogP contribution in [0, 0.1) is 5.92 Å². The third kappa shape index (κ3) is 3.27. The van der Waals surface area contributed by atoms with Crippen molar-refractivity contribution < 1.29 is 9.90 Å². The standard InChI is InChI=1S/C13H18N2O2/c16-9-10-4-3-6-12(10)15-13(17)8-11-5-1-2-7-14-11/h1-2,5,7,10,12,16H,3-4,6,8-9H2,(H,15,17). The molecule has 4 heteroatoms. The lowest BCUT2D eigenvalue weighted by molar-refractivity contribution is -0.121. The summed E-state index contributed by atoms with van der Waals surface area (Å²) in [6.45, 7) is 0.161. The molecule has 2 unspecified atom stereocenters. The Labute approximate surface area is 101 Å². The topological polar surface area (TPSA) is 62.2 Å². The van der Waals surface area contributed by atoms with Gasteiger partial charge in [-0.05, 0) is 25.0 Å². The van der Waals surface area contributed by atoms with Crippen LogP contribution in [-0.2, 0) is 11.2 Å². The predicted octanol–water partition coefficient (Wildman–Crippen LogP) is 0.901. The van der Waals surface area contributed by atoms with Gasteiger partial charge in [-0.15, -0.1) is 0 Å². The molecule has 2 atom stereocenters. The first-order valence-electron chi connectivity index (χ1n) is 6.09. The van der Waals surface area contributed by atoms with Crippen molar-refractivity contribution in [2.24, 2.45) is 5.92 Å². The molecule has 2 N–H and O–H groups in total. The zero-order valence-electron chi connectivity index (χ0n) is 9.80. The zero-order valence-corrected chi connectivity index (χ0v) is 9.80. The van der Waals surface area contributed by atoms with Crippen LogP contribution in [0.3, 0.4) is 0 Å². The quantitative estimate of drug-likeness (QED) is 0.813. The van der Waals surface area contributed by atoms with Crippen LogP contribution < -0.4 is 5.32 Å². The number of amides is 1. The maximum absolute atomic E-state index is 11.8. The largest absolute Gasteiger partial charge is 0.396 e. The van der Waals surface area contributed by atoms with Gasteiger partial charge in [0.25, 0.3) is 0 Å². The molecule has 0 bridgehead atoms. The van der Waals surface area contributed by atoms with Crippen LogP contribution >= 0.6 is 0 Å². The first-order chi connectivity index (χ1) is 8.29. The summed E-state index contributed by atoms with van der Waals surface area (Å²) >= 11 is 0. The second kappa shape index (κ2) is 5.77. The van der Waals surface area contributed by atoms with Crippen LogP contribution in [0.15, 0.2) is 24.4 Å². The van der Waals surface area contributed by atoms with Crippen molar-refractivity contribution in [1.29, 1.82) is 0 Å². The van der Waals surface area contributed by atoms with Crippen LogP contribution in [0.1, 0.15) is 25.0 Å². The molecule has 1 saturated carbocycles. The summed E-state index contributed by atoms with van der Waals surface area (Å²) in [4.78, 5) is 15.9. The molecule has 0 aromatic carbocycles. The highest BCUT2D eigenvalue weighted by molar-refractivity contribution is 5.78. The number of aliphatic hydroxyl groups is 1. The second-order valence-electron chi connectivity index (χ2n) is 4.55. The maximum atomic E-state index is 11.8. The monoisotopic (exact) mass is 234 g/mol. The number of carbonyl (C=O) groups is 1. The van der Waals surface area contributed by atoms with E-state index in [1.807, 2.05) is 18.2 Å². The number of nitrogens with one attached hydrogen (secondary N) is 1. The fraction of sp³-hybridized carbons (Fsp3) is 0.538. The van der Waals surface area contributed by atoms with Crippen LogP contribution in [0.4, 0.5) is 0 Å². The molecule has 2 rings (SSSR count). The van der Waals surface area contributed by atoms with E-state index in [4.69, 9.17) is 0 Å². The molecule has 1 amide bonds. The molecule has 1 fully saturated rings. The molecule has 1 aromatic heterocycles. The number of hydrogen-bond acceptors (Lipinski definition) is 3. The lowest BCUT2D eigenvalue weighted by Crippen LogP contribution is -2.39. The van der Waals surface area contributed by atoms with E-state index >= 15 is 0 Å². The minimum atomic E-state index is -0.00551. The van der Waals surface area contributed by atoms with E-state index in [2.05, 4.69) is 10.3 Å². The predicted molar refractivity (Wildman–Crippen MR) is 64.3 cm³/mol. The summed E-state index contributed by atoms with van der Waals surface area (Å²) in [7, 11) is 0. The van der Waals surface area contributed by atoms with Crippen LogP contribution in [0.2, 0.25) is 0 Å². The van der Waals surface area contributed by atoms with E-state index in [1.165, 1.54) is 0 Å². The molecule has 0 aliphatic heterocycles. The average molecular weight is 234 g/mol. The van der Waals surface area contributed by atoms with Crippen molar-refractivity contribution in [1.82, 2.24) is 10.3 Å². The summed E-state index contributed by atoms with van der Waals surface area (Å²) in [6, 6.07) is 5.69. The van der Waals surface area contributed by atoms with Crippen molar-refractivity contribution in [2.45, 2.75) is 31.7 Å². The van der Waals surface area contributed by atoms with Gasteiger partial charge in [-0.2, -0.15) is 0 Å². The Morgan fingerprint density at radius 3 is 3.06 bits per heavy atom. The van der Waals surface area contributed by atoms with Gasteiger partial charge in [0.2, 0.25) is 5.91 Å². The first-order valence-corrected chi connectivity index (χ1v) is 6.09. The lowest BCUT2D eigenvalue weighted by atomic mass is 10.0. The molecule has 0 saturated heterocycles. The van der Waals surface area contributed by atoms with E-state index in [1.54, 1.807) is 6.20 Å². The third-order valence-electron chi connectivity index (χ3n) is 3.31. The molecule has 1 aliphatic rings. The summed E-state index contributed by atoms with van der Waals surface area (Å²) in [5.41, 5.74) is 0.781. The maximum Gasteiger partial charge on any atom is 0.226 e. The van der Waals surface area contributed by atoms with Gasteiger partial charge in [0.15, 0.2) is 0 Å². The van der Waals surface area contributed by atoms with E-state index in [0.29, 0.717) is 6.42 Å². The van der Waals surface area contributed by atoms with E-state index in [-0.39, 0.29) is 24.5 Å². The molecule has 0 radical (unpaired) electrons. The SMILES string of the molecule is O=C(Cc1ccccn1)NC1CCCC1CO. The smallest absolute Gasteiger partial charge is 0.226 e. The Hall–Kier alpha value is -1.42. The third-order valence-corrected chi connectivity index (χ3v) is 3.31. The Morgan fingerprint density at radius 2 is 2.35 bits per heavy atom. The van der Waals surface area contributed by atoms with Crippen LogP contribution in [0.25, 0.3) is 0 Å². The van der Waals surface area contributed by atoms with Gasteiger partial charge < -0.3 is 10.4 Å². The van der Waals surface area contributed by atoms with E-state index in [0.717, 1.165) is 25.0 Å². The van der Waals surface area contributed by atoms with Crippen LogP contribution in [-0.4, -0.2) is 28.6 Å². The summed E-state index contributed by atoms with van der Waals surface area (Å²) in [5.74, 6) is 0.219. The van der Waals surface area contributed by atoms with Gasteiger partial charge in [-0.25, -0.2) is 0 Å². The van der Waals surface area contributed by atoms with Gasteiger partial charge in [-0.1, -0.05) is 12.5 Å². The summed E-state index contributed by atoms with van der Waals surface area (Å²) in [5, 5.41) is 12.2. The fourth-order valence-corrected chi connectivity index (χ4v) is 2.37. The Bertz CT molecular complexity index is 367. The first kappa shape index (κ1) is 12.0. The Kier molecular flexibility index (Phi) is 4.09. The highest BCUT2D eigenvalue weighted by Crippen LogP contribution is 2.24.